The van der Waals surface area contributed by atoms with Gasteiger partial charge in [-0.3, -0.25) is 0 Å². The van der Waals surface area contributed by atoms with Crippen molar-refractivity contribution in [1.29, 1.82) is 0 Å². The Morgan fingerprint density at radius 3 is 2.65 bits per heavy atom. The highest BCUT2D eigenvalue weighted by molar-refractivity contribution is 6.58. The minimum absolute atomic E-state index is 0.386. The average molecular weight is 309 g/mol. The first-order chi connectivity index (χ1) is 11.0. The summed E-state index contributed by atoms with van der Waals surface area (Å²) in [7, 11) is 0.0243. The van der Waals surface area contributed by atoms with Crippen LogP contribution in [0.4, 0.5) is 5.69 Å². The van der Waals surface area contributed by atoms with Crippen molar-refractivity contribution < 1.29 is 14.8 Å². The van der Waals surface area contributed by atoms with E-state index in [0.29, 0.717) is 22.4 Å². The lowest BCUT2D eigenvalue weighted by atomic mass is 9.79. The Balaban J connectivity index is 2.26. The molecule has 1 heterocycles. The molecule has 0 bridgehead atoms. The van der Waals surface area contributed by atoms with E-state index in [-0.39, 0.29) is 0 Å². The highest BCUT2D eigenvalue weighted by Crippen LogP contribution is 2.33. The summed E-state index contributed by atoms with van der Waals surface area (Å²) in [5, 5.41) is 27.7. The second kappa shape index (κ2) is 5.87. The first-order valence-corrected chi connectivity index (χ1v) is 7.07. The molecule has 6 nitrogen and oxygen atoms in total. The molecule has 0 aliphatic rings. The fraction of sp³-hybridized carbons (Fsp3) is 0.125. The van der Waals surface area contributed by atoms with Gasteiger partial charge in [-0.1, -0.05) is 18.2 Å². The van der Waals surface area contributed by atoms with E-state index in [2.05, 4.69) is 10.2 Å². The second-order valence-corrected chi connectivity index (χ2v) is 5.32. The van der Waals surface area contributed by atoms with Crippen molar-refractivity contribution in [3.8, 4) is 16.9 Å². The largest absolute Gasteiger partial charge is 0.496 e. The van der Waals surface area contributed by atoms with Crippen molar-refractivity contribution in [2.75, 3.05) is 12.8 Å². The number of rotatable bonds is 3. The van der Waals surface area contributed by atoms with E-state index in [9.17, 15) is 10.0 Å². The maximum atomic E-state index is 9.40. The Morgan fingerprint density at radius 2 is 1.96 bits per heavy atom. The molecule has 0 fully saturated rings. The molecule has 23 heavy (non-hydrogen) atoms. The number of hydrogen-bond donors (Lipinski definition) is 3. The van der Waals surface area contributed by atoms with E-state index < -0.39 is 7.12 Å². The summed E-state index contributed by atoms with van der Waals surface area (Å²) in [5.74, 6) is 0.630. The molecule has 0 amide bonds. The lowest BCUT2D eigenvalue weighted by molar-refractivity contribution is 0.415. The van der Waals surface area contributed by atoms with Crippen molar-refractivity contribution in [3.63, 3.8) is 0 Å². The van der Waals surface area contributed by atoms with E-state index in [4.69, 9.17) is 10.5 Å². The third-order valence-corrected chi connectivity index (χ3v) is 3.80. The highest BCUT2D eigenvalue weighted by atomic mass is 16.5. The molecule has 116 valence electrons. The van der Waals surface area contributed by atoms with Crippen molar-refractivity contribution in [2.45, 2.75) is 6.92 Å². The van der Waals surface area contributed by atoms with Crippen molar-refractivity contribution in [2.24, 2.45) is 0 Å². The Kier molecular flexibility index (Phi) is 3.89. The predicted molar refractivity (Wildman–Crippen MR) is 90.5 cm³/mol. The van der Waals surface area contributed by atoms with Gasteiger partial charge in [0.1, 0.15) is 5.75 Å². The van der Waals surface area contributed by atoms with Crippen molar-refractivity contribution in [1.82, 2.24) is 10.2 Å². The zero-order valence-corrected chi connectivity index (χ0v) is 12.8. The van der Waals surface area contributed by atoms with Crippen LogP contribution in [-0.2, 0) is 0 Å². The van der Waals surface area contributed by atoms with E-state index in [1.165, 1.54) is 6.20 Å². The number of hydrogen-bond acceptors (Lipinski definition) is 6. The number of nitrogen functional groups attached to an aromatic ring is 1. The van der Waals surface area contributed by atoms with Crippen LogP contribution in [0.1, 0.15) is 5.56 Å². The molecule has 1 aromatic heterocycles. The fourth-order valence-corrected chi connectivity index (χ4v) is 2.71. The van der Waals surface area contributed by atoms with Crippen LogP contribution < -0.4 is 15.9 Å². The molecule has 0 saturated heterocycles. The first kappa shape index (κ1) is 15.3. The molecular formula is C16H16BN3O3. The Hall–Kier alpha value is -2.64. The number of ether oxygens (including phenoxy) is 1. The number of benzene rings is 2. The SMILES string of the molecule is COc1ccc(B(O)O)cc1-c1cc(C)c2c(N)cnnc2c1. The van der Waals surface area contributed by atoms with E-state index >= 15 is 0 Å². The average Bonchev–Trinajstić information content (AvgIpc) is 2.53. The van der Waals surface area contributed by atoms with Gasteiger partial charge in [-0.2, -0.15) is 10.2 Å². The van der Waals surface area contributed by atoms with Crippen LogP contribution in [0, 0.1) is 6.92 Å². The summed E-state index contributed by atoms with van der Waals surface area (Å²) in [6.45, 7) is 1.95. The van der Waals surface area contributed by atoms with Gasteiger partial charge in [0, 0.05) is 10.9 Å². The lowest BCUT2D eigenvalue weighted by Crippen LogP contribution is -2.29. The summed E-state index contributed by atoms with van der Waals surface area (Å²) >= 11 is 0. The maximum absolute atomic E-state index is 9.40. The van der Waals surface area contributed by atoms with Gasteiger partial charge in [-0.15, -0.1) is 0 Å². The van der Waals surface area contributed by atoms with Gasteiger partial charge < -0.3 is 20.5 Å². The van der Waals surface area contributed by atoms with Crippen LogP contribution >= 0.6 is 0 Å². The number of anilines is 1. The normalized spacial score (nSPS) is 10.8. The van der Waals surface area contributed by atoms with Gasteiger partial charge in [-0.25, -0.2) is 0 Å². The Bertz CT molecular complexity index is 884. The zero-order chi connectivity index (χ0) is 16.6. The summed E-state index contributed by atoms with van der Waals surface area (Å²) in [6.07, 6.45) is 1.53. The van der Waals surface area contributed by atoms with Gasteiger partial charge in [0.05, 0.1) is 24.5 Å². The van der Waals surface area contributed by atoms with Crippen LogP contribution in [0.25, 0.3) is 22.0 Å². The number of aromatic nitrogens is 2. The maximum Gasteiger partial charge on any atom is 0.488 e. The van der Waals surface area contributed by atoms with Gasteiger partial charge in [0.15, 0.2) is 0 Å². The van der Waals surface area contributed by atoms with Crippen LogP contribution in [0.3, 0.4) is 0 Å². The van der Waals surface area contributed by atoms with E-state index in [0.717, 1.165) is 22.1 Å². The minimum Gasteiger partial charge on any atom is -0.496 e. The number of fused-ring (bicyclic) bond motifs is 1. The molecule has 0 saturated carbocycles. The number of nitrogens with zero attached hydrogens (tertiary/aromatic N) is 2. The zero-order valence-electron chi connectivity index (χ0n) is 12.8. The number of methoxy groups -OCH3 is 1. The first-order valence-electron chi connectivity index (χ1n) is 7.07. The van der Waals surface area contributed by atoms with Gasteiger partial charge in [0.25, 0.3) is 0 Å². The number of nitrogens with two attached hydrogens (primary N) is 1. The predicted octanol–water partition coefficient (Wildman–Crippen LogP) is 0.876. The topological polar surface area (TPSA) is 101 Å². The third-order valence-electron chi connectivity index (χ3n) is 3.80. The summed E-state index contributed by atoms with van der Waals surface area (Å²) in [5.41, 5.74) is 10.2. The van der Waals surface area contributed by atoms with Crippen LogP contribution in [0.5, 0.6) is 5.75 Å². The van der Waals surface area contributed by atoms with E-state index in [1.54, 1.807) is 25.3 Å². The molecule has 2 aromatic carbocycles. The minimum atomic E-state index is -1.54. The molecule has 7 heteroatoms. The molecule has 4 N–H and O–H groups in total. The van der Waals surface area contributed by atoms with Gasteiger partial charge in [0.2, 0.25) is 0 Å². The molecular weight excluding hydrogens is 293 g/mol. The van der Waals surface area contributed by atoms with Crippen LogP contribution in [-0.4, -0.2) is 34.5 Å². The molecule has 0 atom stereocenters. The van der Waals surface area contributed by atoms with E-state index in [1.807, 2.05) is 19.1 Å². The molecule has 3 rings (SSSR count). The number of aryl methyl sites for hydroxylation is 1. The smallest absolute Gasteiger partial charge is 0.488 e. The quantitative estimate of drug-likeness (QED) is 0.621. The van der Waals surface area contributed by atoms with Crippen molar-refractivity contribution in [3.05, 3.63) is 42.1 Å². The Morgan fingerprint density at radius 1 is 1.17 bits per heavy atom. The second-order valence-electron chi connectivity index (χ2n) is 5.32. The van der Waals surface area contributed by atoms with Crippen molar-refractivity contribution >= 4 is 29.2 Å². The fourth-order valence-electron chi connectivity index (χ4n) is 2.71. The molecule has 0 aliphatic carbocycles. The highest BCUT2D eigenvalue weighted by Gasteiger charge is 2.16. The molecule has 0 unspecified atom stereocenters. The summed E-state index contributed by atoms with van der Waals surface area (Å²) in [4.78, 5) is 0. The monoisotopic (exact) mass is 309 g/mol. The van der Waals surface area contributed by atoms with Gasteiger partial charge in [-0.05, 0) is 35.6 Å². The van der Waals surface area contributed by atoms with Gasteiger partial charge >= 0.3 is 7.12 Å². The lowest BCUT2D eigenvalue weighted by Gasteiger charge is -2.13. The van der Waals surface area contributed by atoms with Crippen LogP contribution in [0.2, 0.25) is 0 Å². The summed E-state index contributed by atoms with van der Waals surface area (Å²) < 4.78 is 5.39. The Labute approximate surface area is 133 Å². The molecule has 0 radical (unpaired) electrons. The summed E-state index contributed by atoms with van der Waals surface area (Å²) in [6, 6.07) is 8.82. The van der Waals surface area contributed by atoms with Crippen LogP contribution in [0.15, 0.2) is 36.5 Å². The third kappa shape index (κ3) is 2.72. The molecule has 3 aromatic rings. The molecule has 0 spiro atoms. The molecule has 0 aliphatic heterocycles. The standard InChI is InChI=1S/C16H16BN3O3/c1-9-5-10(6-14-16(9)13(18)8-19-20-14)12-7-11(17(21)22)3-4-15(12)23-2/h3-8,21-22H,1-2H3,(H2,18,20).